The highest BCUT2D eigenvalue weighted by molar-refractivity contribution is 7.89. The second-order valence-corrected chi connectivity index (χ2v) is 9.31. The number of sulfonamides is 1. The highest BCUT2D eigenvalue weighted by Gasteiger charge is 2.29. The van der Waals surface area contributed by atoms with Crippen LogP contribution in [0.15, 0.2) is 35.2 Å². The summed E-state index contributed by atoms with van der Waals surface area (Å²) >= 11 is 0. The molecular weight excluding hydrogens is 424 g/mol. The number of nitrogens with zero attached hydrogens (tertiary/aromatic N) is 6. The van der Waals surface area contributed by atoms with Crippen molar-refractivity contribution in [2.24, 2.45) is 0 Å². The van der Waals surface area contributed by atoms with Crippen LogP contribution in [-0.2, 0) is 14.8 Å². The minimum Gasteiger partial charge on any atom is -0.378 e. The molecular formula is C19H24N6O5S. The van der Waals surface area contributed by atoms with E-state index in [2.05, 4.69) is 19.8 Å². The van der Waals surface area contributed by atoms with Crippen molar-refractivity contribution >= 4 is 27.3 Å². The number of aromatic nitrogens is 2. The lowest BCUT2D eigenvalue weighted by atomic mass is 10.3. The van der Waals surface area contributed by atoms with Gasteiger partial charge >= 0.3 is 0 Å². The molecule has 2 fully saturated rings. The van der Waals surface area contributed by atoms with Crippen LogP contribution < -0.4 is 9.80 Å². The van der Waals surface area contributed by atoms with Gasteiger partial charge in [-0.15, -0.1) is 0 Å². The first-order chi connectivity index (χ1) is 14.8. The van der Waals surface area contributed by atoms with Crippen LogP contribution in [0.5, 0.6) is 0 Å². The molecule has 166 valence electrons. The van der Waals surface area contributed by atoms with E-state index in [1.54, 1.807) is 0 Å². The van der Waals surface area contributed by atoms with Crippen LogP contribution in [0.1, 0.15) is 5.82 Å². The lowest BCUT2D eigenvalue weighted by Gasteiger charge is -2.35. The van der Waals surface area contributed by atoms with Crippen LogP contribution >= 0.6 is 0 Å². The average molecular weight is 449 g/mol. The predicted octanol–water partition coefficient (Wildman–Crippen LogP) is 1.04. The van der Waals surface area contributed by atoms with E-state index >= 15 is 0 Å². The van der Waals surface area contributed by atoms with Gasteiger partial charge in [-0.3, -0.25) is 10.1 Å². The van der Waals surface area contributed by atoms with Crippen LogP contribution in [0, 0.1) is 17.0 Å². The van der Waals surface area contributed by atoms with Crippen molar-refractivity contribution in [3.05, 3.63) is 46.3 Å². The summed E-state index contributed by atoms with van der Waals surface area (Å²) in [5.74, 6) is 2.30. The summed E-state index contributed by atoms with van der Waals surface area (Å²) in [6, 6.07) is 6.92. The second kappa shape index (κ2) is 8.73. The predicted molar refractivity (Wildman–Crippen MR) is 114 cm³/mol. The molecule has 1 aromatic heterocycles. The van der Waals surface area contributed by atoms with E-state index in [-0.39, 0.29) is 10.6 Å². The van der Waals surface area contributed by atoms with Crippen LogP contribution in [0.4, 0.5) is 17.3 Å². The zero-order valence-electron chi connectivity index (χ0n) is 17.2. The molecule has 0 atom stereocenters. The van der Waals surface area contributed by atoms with Crippen LogP contribution in [0.25, 0.3) is 0 Å². The average Bonchev–Trinajstić information content (AvgIpc) is 2.79. The number of hydrogen-bond donors (Lipinski definition) is 0. The maximum absolute atomic E-state index is 12.9. The molecule has 0 amide bonds. The fourth-order valence-electron chi connectivity index (χ4n) is 3.70. The van der Waals surface area contributed by atoms with Gasteiger partial charge in [0.2, 0.25) is 10.0 Å². The maximum Gasteiger partial charge on any atom is 0.269 e. The third-order valence-corrected chi connectivity index (χ3v) is 7.31. The molecule has 0 unspecified atom stereocenters. The molecule has 2 saturated heterocycles. The third-order valence-electron chi connectivity index (χ3n) is 5.39. The molecule has 2 aliphatic heterocycles. The number of benzene rings is 1. The van der Waals surface area contributed by atoms with Crippen molar-refractivity contribution < 1.29 is 18.1 Å². The Kier molecular flexibility index (Phi) is 6.03. The Morgan fingerprint density at radius 3 is 2.03 bits per heavy atom. The van der Waals surface area contributed by atoms with Crippen molar-refractivity contribution in [3.63, 3.8) is 0 Å². The number of nitro benzene ring substituents is 1. The molecule has 31 heavy (non-hydrogen) atoms. The monoisotopic (exact) mass is 448 g/mol. The van der Waals surface area contributed by atoms with Gasteiger partial charge in [0.15, 0.2) is 0 Å². The SMILES string of the molecule is Cc1nc(N2CCOCC2)cc(N2CCN(S(=O)(=O)c3ccc([N+](=O)[O-])cc3)CC2)n1. The van der Waals surface area contributed by atoms with E-state index in [0.29, 0.717) is 45.2 Å². The van der Waals surface area contributed by atoms with Crippen molar-refractivity contribution in [1.29, 1.82) is 0 Å². The number of anilines is 2. The molecule has 0 N–H and O–H groups in total. The first-order valence-corrected chi connectivity index (χ1v) is 11.5. The van der Waals surface area contributed by atoms with Gasteiger partial charge < -0.3 is 14.5 Å². The van der Waals surface area contributed by atoms with E-state index in [4.69, 9.17) is 4.74 Å². The maximum atomic E-state index is 12.9. The first kappa shape index (κ1) is 21.4. The number of morpholine rings is 1. The van der Waals surface area contributed by atoms with Gasteiger partial charge in [0, 0.05) is 57.5 Å². The van der Waals surface area contributed by atoms with E-state index in [9.17, 15) is 18.5 Å². The van der Waals surface area contributed by atoms with E-state index in [1.807, 2.05) is 13.0 Å². The molecule has 2 aromatic rings. The highest BCUT2D eigenvalue weighted by Crippen LogP contribution is 2.24. The molecule has 12 heteroatoms. The summed E-state index contributed by atoms with van der Waals surface area (Å²) in [5.41, 5.74) is -0.140. The topological polar surface area (TPSA) is 122 Å². The zero-order chi connectivity index (χ0) is 22.0. The normalized spacial score (nSPS) is 18.2. The molecule has 11 nitrogen and oxygen atoms in total. The molecule has 0 bridgehead atoms. The van der Waals surface area contributed by atoms with E-state index in [1.165, 1.54) is 28.6 Å². The summed E-state index contributed by atoms with van der Waals surface area (Å²) in [7, 11) is -3.71. The van der Waals surface area contributed by atoms with Gasteiger partial charge in [-0.25, -0.2) is 18.4 Å². The van der Waals surface area contributed by atoms with Crippen LogP contribution in [0.3, 0.4) is 0 Å². The standard InChI is InChI=1S/C19H24N6O5S/c1-15-20-18(14-19(21-15)23-10-12-30-13-11-23)22-6-8-24(9-7-22)31(28,29)17-4-2-16(3-5-17)25(26)27/h2-5,14H,6-13H2,1H3. The third kappa shape index (κ3) is 4.60. The Morgan fingerprint density at radius 1 is 0.935 bits per heavy atom. The van der Waals surface area contributed by atoms with Crippen LogP contribution in [-0.4, -0.2) is 80.1 Å². The fraction of sp³-hybridized carbons (Fsp3) is 0.474. The summed E-state index contributed by atoms with van der Waals surface area (Å²) in [6.07, 6.45) is 0. The largest absolute Gasteiger partial charge is 0.378 e. The first-order valence-electron chi connectivity index (χ1n) is 10.0. The molecule has 3 heterocycles. The van der Waals surface area contributed by atoms with Gasteiger partial charge in [0.05, 0.1) is 23.0 Å². The molecule has 0 saturated carbocycles. The number of nitro groups is 1. The summed E-state index contributed by atoms with van der Waals surface area (Å²) in [4.78, 5) is 23.6. The minimum atomic E-state index is -3.71. The summed E-state index contributed by atoms with van der Waals surface area (Å²) < 4.78 is 32.6. The van der Waals surface area contributed by atoms with Crippen LogP contribution in [0.2, 0.25) is 0 Å². The second-order valence-electron chi connectivity index (χ2n) is 7.37. The molecule has 1 aromatic carbocycles. The van der Waals surface area contributed by atoms with E-state index < -0.39 is 14.9 Å². The molecule has 2 aliphatic rings. The Bertz CT molecular complexity index is 1050. The van der Waals surface area contributed by atoms with Crippen molar-refractivity contribution in [3.8, 4) is 0 Å². The van der Waals surface area contributed by atoms with Crippen molar-refractivity contribution in [1.82, 2.24) is 14.3 Å². The van der Waals surface area contributed by atoms with Crippen molar-refractivity contribution in [2.45, 2.75) is 11.8 Å². The Hall–Kier alpha value is -2.83. The number of non-ortho nitro benzene ring substituents is 1. The summed E-state index contributed by atoms with van der Waals surface area (Å²) in [6.45, 7) is 6.31. The number of aryl methyl sites for hydroxylation is 1. The quantitative estimate of drug-likeness (QED) is 0.488. The number of piperazine rings is 1. The van der Waals surface area contributed by atoms with Gasteiger partial charge in [-0.05, 0) is 19.1 Å². The zero-order valence-corrected chi connectivity index (χ0v) is 18.0. The lowest BCUT2D eigenvalue weighted by Crippen LogP contribution is -2.49. The highest BCUT2D eigenvalue weighted by atomic mass is 32.2. The van der Waals surface area contributed by atoms with E-state index in [0.717, 1.165) is 24.7 Å². The number of hydrogen-bond acceptors (Lipinski definition) is 9. The smallest absolute Gasteiger partial charge is 0.269 e. The number of ether oxygens (including phenoxy) is 1. The minimum absolute atomic E-state index is 0.0547. The Morgan fingerprint density at radius 2 is 1.48 bits per heavy atom. The van der Waals surface area contributed by atoms with Gasteiger partial charge in [0.25, 0.3) is 5.69 Å². The molecule has 0 spiro atoms. The lowest BCUT2D eigenvalue weighted by molar-refractivity contribution is -0.384. The van der Waals surface area contributed by atoms with Gasteiger partial charge in [0.1, 0.15) is 17.5 Å². The van der Waals surface area contributed by atoms with Gasteiger partial charge in [-0.2, -0.15) is 4.31 Å². The Labute approximate surface area is 180 Å². The molecule has 0 aliphatic carbocycles. The number of rotatable bonds is 5. The molecule has 0 radical (unpaired) electrons. The fourth-order valence-corrected chi connectivity index (χ4v) is 5.12. The molecule has 4 rings (SSSR count). The summed E-state index contributed by atoms with van der Waals surface area (Å²) in [5, 5.41) is 10.8. The Balaban J connectivity index is 1.46. The van der Waals surface area contributed by atoms with Crippen molar-refractivity contribution in [2.75, 3.05) is 62.3 Å². The van der Waals surface area contributed by atoms with Gasteiger partial charge in [-0.1, -0.05) is 0 Å².